The maximum Gasteiger partial charge on any atom is 0.138 e. The Hall–Kier alpha value is -1.32. The maximum atomic E-state index is 4.68. The highest BCUT2D eigenvalue weighted by Gasteiger charge is 2.37. The summed E-state index contributed by atoms with van der Waals surface area (Å²) in [6.07, 6.45) is 3.54. The molecule has 1 saturated carbocycles. The first-order valence-corrected chi connectivity index (χ1v) is 7.24. The lowest BCUT2D eigenvalue weighted by atomic mass is 9.96. The van der Waals surface area contributed by atoms with E-state index in [0.717, 1.165) is 30.4 Å². The highest BCUT2D eigenvalue weighted by atomic mass is 15.1. The number of nitrogens with one attached hydrogen (secondary N) is 2. The number of aromatic nitrogens is 2. The minimum atomic E-state index is -0.0369. The summed E-state index contributed by atoms with van der Waals surface area (Å²) in [6, 6.07) is 2.02. The van der Waals surface area contributed by atoms with Crippen LogP contribution in [0.15, 0.2) is 6.07 Å². The third-order valence-electron chi connectivity index (χ3n) is 3.38. The zero-order valence-corrected chi connectivity index (χ0v) is 12.8. The smallest absolute Gasteiger partial charge is 0.138 e. The van der Waals surface area contributed by atoms with E-state index in [4.69, 9.17) is 0 Å². The predicted molar refractivity (Wildman–Crippen MR) is 80.8 cm³/mol. The number of anilines is 2. The minimum absolute atomic E-state index is 0.0369. The van der Waals surface area contributed by atoms with Gasteiger partial charge in [0.2, 0.25) is 0 Å². The van der Waals surface area contributed by atoms with Gasteiger partial charge in [0.15, 0.2) is 0 Å². The first-order chi connectivity index (χ1) is 8.82. The number of hydrogen-bond donors (Lipinski definition) is 2. The molecule has 1 aromatic rings. The van der Waals surface area contributed by atoms with E-state index >= 15 is 0 Å². The van der Waals surface area contributed by atoms with Gasteiger partial charge >= 0.3 is 0 Å². The molecular formula is C15H26N4. The van der Waals surface area contributed by atoms with Crippen LogP contribution >= 0.6 is 0 Å². The predicted octanol–water partition coefficient (Wildman–Crippen LogP) is 3.56. The molecule has 1 aliphatic rings. The van der Waals surface area contributed by atoms with Crippen LogP contribution in [0.5, 0.6) is 0 Å². The molecule has 106 valence electrons. The molecule has 0 spiro atoms. The van der Waals surface area contributed by atoms with Crippen LogP contribution in [0.1, 0.15) is 59.7 Å². The Labute approximate surface area is 116 Å². The highest BCUT2D eigenvalue weighted by Crippen LogP contribution is 2.38. The number of hydrogen-bond acceptors (Lipinski definition) is 4. The van der Waals surface area contributed by atoms with Crippen LogP contribution in [0.3, 0.4) is 0 Å². The van der Waals surface area contributed by atoms with Crippen LogP contribution in [0.2, 0.25) is 0 Å². The van der Waals surface area contributed by atoms with E-state index in [-0.39, 0.29) is 11.0 Å². The monoisotopic (exact) mass is 262 g/mol. The van der Waals surface area contributed by atoms with Gasteiger partial charge in [-0.1, -0.05) is 27.7 Å². The molecule has 2 N–H and O–H groups in total. The van der Waals surface area contributed by atoms with E-state index in [1.807, 2.05) is 6.07 Å². The van der Waals surface area contributed by atoms with Gasteiger partial charge in [0.05, 0.1) is 0 Å². The molecule has 1 heterocycles. The number of nitrogens with zero attached hydrogens (tertiary/aromatic N) is 2. The third-order valence-corrected chi connectivity index (χ3v) is 3.38. The van der Waals surface area contributed by atoms with Gasteiger partial charge in [-0.05, 0) is 26.2 Å². The van der Waals surface area contributed by atoms with Crippen molar-refractivity contribution in [1.82, 2.24) is 9.97 Å². The van der Waals surface area contributed by atoms with Crippen LogP contribution < -0.4 is 10.6 Å². The van der Waals surface area contributed by atoms with Crippen molar-refractivity contribution >= 4 is 11.6 Å². The van der Waals surface area contributed by atoms with Crippen molar-refractivity contribution in [3.8, 4) is 0 Å². The topological polar surface area (TPSA) is 49.8 Å². The summed E-state index contributed by atoms with van der Waals surface area (Å²) in [7, 11) is 0. The lowest BCUT2D eigenvalue weighted by molar-refractivity contribution is 0.546. The van der Waals surface area contributed by atoms with Crippen LogP contribution in [0.25, 0.3) is 0 Å². The normalized spacial score (nSPS) is 17.1. The third kappa shape index (κ3) is 3.82. The Bertz CT molecular complexity index is 444. The standard InChI is InChI=1S/C15H26N4/c1-6-9-16-11-10-12(19-15(5)7-8-15)18-13(17-11)14(2,3)4/h10H,6-9H2,1-5H3,(H2,16,17,18,19). The second kappa shape index (κ2) is 4.99. The molecule has 0 aliphatic heterocycles. The molecule has 19 heavy (non-hydrogen) atoms. The summed E-state index contributed by atoms with van der Waals surface area (Å²) >= 11 is 0. The average Bonchev–Trinajstić information content (AvgIpc) is 3.02. The van der Waals surface area contributed by atoms with Gasteiger partial charge < -0.3 is 10.6 Å². The Balaban J connectivity index is 2.25. The van der Waals surface area contributed by atoms with Gasteiger partial charge in [0.1, 0.15) is 17.5 Å². The first kappa shape index (κ1) is 14.1. The van der Waals surface area contributed by atoms with E-state index in [9.17, 15) is 0 Å². The van der Waals surface area contributed by atoms with Gasteiger partial charge in [-0.3, -0.25) is 0 Å². The fourth-order valence-corrected chi connectivity index (χ4v) is 1.81. The largest absolute Gasteiger partial charge is 0.370 e. The van der Waals surface area contributed by atoms with Gasteiger partial charge in [0.25, 0.3) is 0 Å². The first-order valence-electron chi connectivity index (χ1n) is 7.24. The van der Waals surface area contributed by atoms with Crippen molar-refractivity contribution in [3.63, 3.8) is 0 Å². The second-order valence-electron chi connectivity index (χ2n) is 6.82. The highest BCUT2D eigenvalue weighted by molar-refractivity contribution is 5.50. The van der Waals surface area contributed by atoms with E-state index in [1.54, 1.807) is 0 Å². The maximum absolute atomic E-state index is 4.68. The zero-order chi connectivity index (χ0) is 14.1. The minimum Gasteiger partial charge on any atom is -0.370 e. The van der Waals surface area contributed by atoms with E-state index in [1.165, 1.54) is 12.8 Å². The molecule has 1 aliphatic carbocycles. The summed E-state index contributed by atoms with van der Waals surface area (Å²) in [5.74, 6) is 2.76. The fourth-order valence-electron chi connectivity index (χ4n) is 1.81. The molecule has 0 aromatic carbocycles. The van der Waals surface area contributed by atoms with Crippen LogP contribution in [0.4, 0.5) is 11.6 Å². The van der Waals surface area contributed by atoms with Gasteiger partial charge in [-0.2, -0.15) is 0 Å². The fraction of sp³-hybridized carbons (Fsp3) is 0.733. The molecule has 4 nitrogen and oxygen atoms in total. The van der Waals surface area contributed by atoms with Crippen molar-refractivity contribution in [2.75, 3.05) is 17.2 Å². The summed E-state index contributed by atoms with van der Waals surface area (Å²) in [5, 5.41) is 6.89. The van der Waals surface area contributed by atoms with E-state index in [0.29, 0.717) is 0 Å². The summed E-state index contributed by atoms with van der Waals surface area (Å²) in [6.45, 7) is 11.8. The molecule has 1 aromatic heterocycles. The lowest BCUT2D eigenvalue weighted by Gasteiger charge is -2.20. The lowest BCUT2D eigenvalue weighted by Crippen LogP contribution is -2.22. The van der Waals surface area contributed by atoms with Crippen molar-refractivity contribution in [2.45, 2.75) is 64.8 Å². The molecule has 0 bridgehead atoms. The Kier molecular flexibility index (Phi) is 3.70. The molecule has 0 atom stereocenters. The van der Waals surface area contributed by atoms with Crippen LogP contribution in [-0.4, -0.2) is 22.1 Å². The van der Waals surface area contributed by atoms with Crippen molar-refractivity contribution in [3.05, 3.63) is 11.9 Å². The summed E-state index contributed by atoms with van der Waals surface area (Å²) < 4.78 is 0. The van der Waals surface area contributed by atoms with Crippen molar-refractivity contribution in [2.24, 2.45) is 0 Å². The quantitative estimate of drug-likeness (QED) is 0.852. The molecule has 0 amide bonds. The molecule has 1 fully saturated rings. The summed E-state index contributed by atoms with van der Waals surface area (Å²) in [5.41, 5.74) is 0.205. The summed E-state index contributed by atoms with van der Waals surface area (Å²) in [4.78, 5) is 9.31. The van der Waals surface area contributed by atoms with Crippen LogP contribution in [0, 0.1) is 0 Å². The molecule has 2 rings (SSSR count). The average molecular weight is 262 g/mol. The van der Waals surface area contributed by atoms with Crippen molar-refractivity contribution in [1.29, 1.82) is 0 Å². The molecule has 4 heteroatoms. The Morgan fingerprint density at radius 2 is 1.84 bits per heavy atom. The van der Waals surface area contributed by atoms with Gasteiger partial charge in [-0.15, -0.1) is 0 Å². The zero-order valence-electron chi connectivity index (χ0n) is 12.8. The Morgan fingerprint density at radius 3 is 2.37 bits per heavy atom. The number of rotatable bonds is 5. The van der Waals surface area contributed by atoms with E-state index in [2.05, 4.69) is 55.2 Å². The molecule has 0 saturated heterocycles. The SMILES string of the molecule is CCCNc1cc(NC2(C)CC2)nc(C(C)(C)C)n1. The van der Waals surface area contributed by atoms with Gasteiger partial charge in [0, 0.05) is 23.6 Å². The van der Waals surface area contributed by atoms with Gasteiger partial charge in [-0.25, -0.2) is 9.97 Å². The second-order valence-corrected chi connectivity index (χ2v) is 6.82. The molecule has 0 radical (unpaired) electrons. The van der Waals surface area contributed by atoms with Crippen molar-refractivity contribution < 1.29 is 0 Å². The molecular weight excluding hydrogens is 236 g/mol. The van der Waals surface area contributed by atoms with Crippen LogP contribution in [-0.2, 0) is 5.41 Å². The van der Waals surface area contributed by atoms with E-state index < -0.39 is 0 Å². The Morgan fingerprint density at radius 1 is 1.21 bits per heavy atom. The molecule has 0 unspecified atom stereocenters.